The fourth-order valence-electron chi connectivity index (χ4n) is 4.53. The zero-order chi connectivity index (χ0) is 26.6. The van der Waals surface area contributed by atoms with Crippen molar-refractivity contribution in [3.05, 3.63) is 131 Å². The van der Waals surface area contributed by atoms with E-state index in [0.717, 1.165) is 27.9 Å². The SMILES string of the molecule is CN(C)c1ccc(C#Cc2cc(C3=N[C@H](c4ccccc4)CO3)nc(C3=N[C@H](c4ccccc4)CO3)c2)cc1. The van der Waals surface area contributed by atoms with Crippen LogP contribution in [0.1, 0.15) is 45.7 Å². The zero-order valence-corrected chi connectivity index (χ0v) is 21.9. The van der Waals surface area contributed by atoms with Crippen molar-refractivity contribution in [2.45, 2.75) is 12.1 Å². The van der Waals surface area contributed by atoms with Gasteiger partial charge in [-0.25, -0.2) is 15.0 Å². The number of aliphatic imine (C=N–C) groups is 2. The quantitative estimate of drug-likeness (QED) is 0.328. The number of rotatable bonds is 5. The molecule has 0 amide bonds. The van der Waals surface area contributed by atoms with Crippen LogP contribution >= 0.6 is 0 Å². The number of hydrogen-bond donors (Lipinski definition) is 0. The van der Waals surface area contributed by atoms with Crippen LogP contribution < -0.4 is 4.90 Å². The Kier molecular flexibility index (Phi) is 6.80. The van der Waals surface area contributed by atoms with Gasteiger partial charge >= 0.3 is 0 Å². The first-order valence-electron chi connectivity index (χ1n) is 13.0. The number of aromatic nitrogens is 1. The molecule has 0 unspecified atom stereocenters. The van der Waals surface area contributed by atoms with E-state index in [2.05, 4.69) is 53.1 Å². The van der Waals surface area contributed by atoms with Gasteiger partial charge in [0.15, 0.2) is 0 Å². The van der Waals surface area contributed by atoms with Crippen LogP contribution in [-0.4, -0.2) is 44.1 Å². The maximum atomic E-state index is 6.02. The molecule has 0 bridgehead atoms. The molecule has 2 atom stereocenters. The van der Waals surface area contributed by atoms with E-state index in [9.17, 15) is 0 Å². The summed E-state index contributed by atoms with van der Waals surface area (Å²) in [5, 5.41) is 0. The molecule has 2 aliphatic rings. The summed E-state index contributed by atoms with van der Waals surface area (Å²) in [5.41, 5.74) is 6.30. The molecule has 4 aromatic rings. The fourth-order valence-corrected chi connectivity index (χ4v) is 4.53. The van der Waals surface area contributed by atoms with Gasteiger partial charge in [-0.3, -0.25) is 0 Å². The van der Waals surface area contributed by atoms with Crippen LogP contribution in [0.4, 0.5) is 5.69 Å². The smallest absolute Gasteiger partial charge is 0.236 e. The van der Waals surface area contributed by atoms with Gasteiger partial charge in [0.25, 0.3) is 0 Å². The van der Waals surface area contributed by atoms with E-state index in [-0.39, 0.29) is 12.1 Å². The summed E-state index contributed by atoms with van der Waals surface area (Å²) in [6.07, 6.45) is 0. The third kappa shape index (κ3) is 5.53. The minimum atomic E-state index is -0.0704. The highest BCUT2D eigenvalue weighted by Gasteiger charge is 2.26. The van der Waals surface area contributed by atoms with E-state index in [0.29, 0.717) is 36.4 Å². The maximum absolute atomic E-state index is 6.02. The third-order valence-corrected chi connectivity index (χ3v) is 6.67. The van der Waals surface area contributed by atoms with Crippen molar-refractivity contribution < 1.29 is 9.47 Å². The van der Waals surface area contributed by atoms with Gasteiger partial charge in [-0.05, 0) is 47.5 Å². The van der Waals surface area contributed by atoms with Crippen LogP contribution in [-0.2, 0) is 9.47 Å². The Morgan fingerprint density at radius 3 is 1.62 bits per heavy atom. The molecule has 3 heterocycles. The number of benzene rings is 3. The molecule has 0 saturated carbocycles. The molecule has 0 saturated heterocycles. The molecule has 39 heavy (non-hydrogen) atoms. The molecule has 1 aromatic heterocycles. The molecule has 0 N–H and O–H groups in total. The average molecular weight is 513 g/mol. The summed E-state index contributed by atoms with van der Waals surface area (Å²) >= 11 is 0. The first kappa shape index (κ1) is 24.4. The van der Waals surface area contributed by atoms with E-state index in [1.807, 2.05) is 74.8 Å². The van der Waals surface area contributed by atoms with Crippen molar-refractivity contribution in [1.82, 2.24) is 4.98 Å². The first-order valence-corrected chi connectivity index (χ1v) is 13.0. The molecule has 6 nitrogen and oxygen atoms in total. The van der Waals surface area contributed by atoms with E-state index >= 15 is 0 Å². The van der Waals surface area contributed by atoms with Crippen molar-refractivity contribution in [2.75, 3.05) is 32.2 Å². The molecule has 3 aromatic carbocycles. The lowest BCUT2D eigenvalue weighted by Gasteiger charge is -2.11. The molecule has 0 spiro atoms. The molecule has 0 aliphatic carbocycles. The van der Waals surface area contributed by atoms with Crippen molar-refractivity contribution in [1.29, 1.82) is 0 Å². The van der Waals surface area contributed by atoms with Crippen molar-refractivity contribution in [3.63, 3.8) is 0 Å². The van der Waals surface area contributed by atoms with Crippen LogP contribution in [0.5, 0.6) is 0 Å². The molecular weight excluding hydrogens is 484 g/mol. The van der Waals surface area contributed by atoms with Crippen molar-refractivity contribution in [3.8, 4) is 11.8 Å². The predicted molar refractivity (Wildman–Crippen MR) is 154 cm³/mol. The van der Waals surface area contributed by atoms with E-state index < -0.39 is 0 Å². The summed E-state index contributed by atoms with van der Waals surface area (Å²) in [5.74, 6) is 7.58. The first-order chi connectivity index (χ1) is 19.1. The van der Waals surface area contributed by atoms with Gasteiger partial charge < -0.3 is 14.4 Å². The highest BCUT2D eigenvalue weighted by molar-refractivity contribution is 5.98. The van der Waals surface area contributed by atoms with Crippen LogP contribution in [0.15, 0.2) is 107 Å². The minimum absolute atomic E-state index is 0.0704. The Morgan fingerprint density at radius 1 is 0.641 bits per heavy atom. The van der Waals surface area contributed by atoms with Gasteiger partial charge in [0.1, 0.15) is 36.7 Å². The van der Waals surface area contributed by atoms with Gasteiger partial charge in [0, 0.05) is 30.9 Å². The van der Waals surface area contributed by atoms with E-state index in [1.165, 1.54) is 0 Å². The van der Waals surface area contributed by atoms with Crippen LogP contribution in [0.25, 0.3) is 0 Å². The zero-order valence-electron chi connectivity index (χ0n) is 21.9. The van der Waals surface area contributed by atoms with E-state index in [1.54, 1.807) is 0 Å². The van der Waals surface area contributed by atoms with Gasteiger partial charge in [0.2, 0.25) is 11.8 Å². The van der Waals surface area contributed by atoms with Crippen LogP contribution in [0, 0.1) is 11.8 Å². The standard InChI is InChI=1S/C33H28N4O2/c1-37(2)27-17-15-23(16-18-27)13-14-24-19-28(32-35-30(21-38-32)25-9-5-3-6-10-25)34-29(20-24)33-36-31(22-39-33)26-11-7-4-8-12-26/h3-12,15-20,30-31H,21-22H2,1-2H3/t30-,31-/m0/s1. The number of hydrogen-bond acceptors (Lipinski definition) is 6. The van der Waals surface area contributed by atoms with Crippen molar-refractivity contribution in [2.24, 2.45) is 9.98 Å². The molecule has 6 rings (SSSR count). The second kappa shape index (κ2) is 10.8. The van der Waals surface area contributed by atoms with Crippen LogP contribution in [0.3, 0.4) is 0 Å². The lowest BCUT2D eigenvalue weighted by molar-refractivity contribution is 0.317. The number of anilines is 1. The monoisotopic (exact) mass is 512 g/mol. The highest BCUT2D eigenvalue weighted by Crippen LogP contribution is 2.27. The van der Waals surface area contributed by atoms with E-state index in [4.69, 9.17) is 24.4 Å². The van der Waals surface area contributed by atoms with Gasteiger partial charge in [-0.15, -0.1) is 0 Å². The molecule has 6 heteroatoms. The van der Waals surface area contributed by atoms with Crippen molar-refractivity contribution >= 4 is 17.5 Å². The minimum Gasteiger partial charge on any atom is -0.474 e. The Balaban J connectivity index is 1.35. The molecule has 0 radical (unpaired) electrons. The summed E-state index contributed by atoms with van der Waals surface area (Å²) in [4.78, 5) is 16.6. The summed E-state index contributed by atoms with van der Waals surface area (Å²) in [7, 11) is 4.04. The molecule has 0 fully saturated rings. The summed E-state index contributed by atoms with van der Waals surface area (Å²) in [6, 6.07) is 32.2. The Morgan fingerprint density at radius 2 is 1.13 bits per heavy atom. The number of ether oxygens (including phenoxy) is 2. The number of pyridine rings is 1. The fraction of sp³-hybridized carbons (Fsp3) is 0.182. The molecule has 2 aliphatic heterocycles. The van der Waals surface area contributed by atoms with Gasteiger partial charge in [0.05, 0.1) is 0 Å². The Hall–Kier alpha value is -4.89. The predicted octanol–water partition coefficient (Wildman–Crippen LogP) is 5.58. The lowest BCUT2D eigenvalue weighted by Crippen LogP contribution is -2.11. The second-order valence-electron chi connectivity index (χ2n) is 9.66. The lowest BCUT2D eigenvalue weighted by atomic mass is 10.1. The van der Waals surface area contributed by atoms with Gasteiger partial charge in [-0.1, -0.05) is 72.5 Å². The largest absolute Gasteiger partial charge is 0.474 e. The topological polar surface area (TPSA) is 59.3 Å². The Bertz CT molecular complexity index is 1500. The normalized spacial score (nSPS) is 17.8. The molecule has 192 valence electrons. The number of nitrogens with zero attached hydrogens (tertiary/aromatic N) is 4. The summed E-state index contributed by atoms with van der Waals surface area (Å²) < 4.78 is 12.0. The maximum Gasteiger partial charge on any atom is 0.236 e. The van der Waals surface area contributed by atoms with Gasteiger partial charge in [-0.2, -0.15) is 0 Å². The summed E-state index contributed by atoms with van der Waals surface area (Å²) in [6.45, 7) is 0.941. The van der Waals surface area contributed by atoms with Crippen LogP contribution in [0.2, 0.25) is 0 Å². The average Bonchev–Trinajstić information content (AvgIpc) is 3.68. The third-order valence-electron chi connectivity index (χ3n) is 6.67. The highest BCUT2D eigenvalue weighted by atomic mass is 16.5. The second-order valence-corrected chi connectivity index (χ2v) is 9.66. The Labute approximate surface area is 228 Å². The molecular formula is C33H28N4O2.